The van der Waals surface area contributed by atoms with Crippen molar-refractivity contribution in [1.29, 1.82) is 0 Å². The van der Waals surface area contributed by atoms with E-state index in [1.807, 2.05) is 17.0 Å². The number of anilines is 2. The predicted octanol–water partition coefficient (Wildman–Crippen LogP) is 5.09. The van der Waals surface area contributed by atoms with Crippen LogP contribution in [-0.2, 0) is 9.59 Å². The molecule has 2 amide bonds. The molecule has 0 atom stereocenters. The van der Waals surface area contributed by atoms with Gasteiger partial charge in [0.15, 0.2) is 11.7 Å². The number of amides is 2. The summed E-state index contributed by atoms with van der Waals surface area (Å²) in [7, 11) is 1.52. The highest BCUT2D eigenvalue weighted by molar-refractivity contribution is 6.31. The number of oxazole rings is 1. The van der Waals surface area contributed by atoms with Crippen molar-refractivity contribution < 1.29 is 36.3 Å². The fourth-order valence-electron chi connectivity index (χ4n) is 4.26. The van der Waals surface area contributed by atoms with E-state index in [-0.39, 0.29) is 24.6 Å². The molecule has 1 aliphatic heterocycles. The van der Waals surface area contributed by atoms with Gasteiger partial charge in [-0.25, -0.2) is 9.37 Å². The summed E-state index contributed by atoms with van der Waals surface area (Å²) in [5.41, 5.74) is 1.24. The van der Waals surface area contributed by atoms with Gasteiger partial charge >= 0.3 is 6.18 Å². The molecule has 8 nitrogen and oxygen atoms in total. The third-order valence-corrected chi connectivity index (χ3v) is 6.49. The van der Waals surface area contributed by atoms with E-state index < -0.39 is 36.0 Å². The van der Waals surface area contributed by atoms with E-state index in [1.54, 1.807) is 19.2 Å². The number of halogens is 5. The number of benzene rings is 2. The zero-order valence-corrected chi connectivity index (χ0v) is 21.9. The van der Waals surface area contributed by atoms with Crippen LogP contribution in [0.1, 0.15) is 12.3 Å². The first-order chi connectivity index (χ1) is 18.4. The summed E-state index contributed by atoms with van der Waals surface area (Å²) in [5, 5.41) is -0.422. The quantitative estimate of drug-likeness (QED) is 0.370. The SMILES string of the molecule is COc1cc(N2CCC(=O)N(CC(=O)N(CC(F)(F)F)c3ccc(F)c(Cl)c3)CC2)ccc1-c1cnc(C)o1. The molecule has 0 N–H and O–H groups in total. The first kappa shape index (κ1) is 28.2. The van der Waals surface area contributed by atoms with Crippen LogP contribution >= 0.6 is 11.6 Å². The molecular weight excluding hydrogens is 544 g/mol. The Balaban J connectivity index is 1.49. The zero-order valence-electron chi connectivity index (χ0n) is 21.1. The van der Waals surface area contributed by atoms with Crippen LogP contribution in [0.3, 0.4) is 0 Å². The highest BCUT2D eigenvalue weighted by atomic mass is 35.5. The van der Waals surface area contributed by atoms with E-state index in [1.165, 1.54) is 12.0 Å². The van der Waals surface area contributed by atoms with Crippen LogP contribution in [0.2, 0.25) is 5.02 Å². The number of rotatable bonds is 7. The fraction of sp³-hybridized carbons (Fsp3) is 0.346. The number of aromatic nitrogens is 1. The maximum absolute atomic E-state index is 13.6. The number of nitrogens with zero attached hydrogens (tertiary/aromatic N) is 4. The third-order valence-electron chi connectivity index (χ3n) is 6.20. The van der Waals surface area contributed by atoms with Gasteiger partial charge in [0, 0.05) is 50.4 Å². The molecule has 4 rings (SSSR count). The second-order valence-electron chi connectivity index (χ2n) is 8.87. The van der Waals surface area contributed by atoms with Crippen molar-refractivity contribution >= 4 is 34.8 Å². The molecule has 0 aliphatic carbocycles. The van der Waals surface area contributed by atoms with Crippen molar-refractivity contribution in [3.63, 3.8) is 0 Å². The van der Waals surface area contributed by atoms with Gasteiger partial charge in [-0.3, -0.25) is 9.59 Å². The lowest BCUT2D eigenvalue weighted by Crippen LogP contribution is -2.46. The first-order valence-electron chi connectivity index (χ1n) is 11.9. The van der Waals surface area contributed by atoms with Crippen LogP contribution in [0.25, 0.3) is 11.3 Å². The lowest BCUT2D eigenvalue weighted by atomic mass is 10.1. The Kier molecular flexibility index (Phi) is 8.34. The Morgan fingerprint density at radius 1 is 1.18 bits per heavy atom. The molecule has 2 aromatic carbocycles. The smallest absolute Gasteiger partial charge is 0.406 e. The number of methoxy groups -OCH3 is 1. The lowest BCUT2D eigenvalue weighted by Gasteiger charge is -2.28. The molecule has 1 fully saturated rings. The van der Waals surface area contributed by atoms with Crippen LogP contribution in [0.15, 0.2) is 47.0 Å². The van der Waals surface area contributed by atoms with Gasteiger partial charge in [0.25, 0.3) is 0 Å². The second kappa shape index (κ2) is 11.5. The number of ether oxygens (including phenoxy) is 1. The molecule has 1 aliphatic rings. The largest absolute Gasteiger partial charge is 0.496 e. The standard InChI is InChI=1S/C26H25ClF4N4O4/c1-16-32-13-23(39-16)19-5-3-17(12-22(19)38-2)33-8-7-24(36)34(10-9-33)14-25(37)35(15-26(29,30)31)18-4-6-21(28)20(27)11-18/h3-6,11-13H,7-10,14-15H2,1-2H3. The summed E-state index contributed by atoms with van der Waals surface area (Å²) in [5.74, 6) is -0.596. The van der Waals surface area contributed by atoms with Gasteiger partial charge in [-0.15, -0.1) is 0 Å². The fourth-order valence-corrected chi connectivity index (χ4v) is 4.44. The van der Waals surface area contributed by atoms with Crippen molar-refractivity contribution in [2.75, 3.05) is 49.6 Å². The van der Waals surface area contributed by atoms with Crippen molar-refractivity contribution in [1.82, 2.24) is 9.88 Å². The summed E-state index contributed by atoms with van der Waals surface area (Å²) >= 11 is 5.73. The molecule has 0 saturated carbocycles. The lowest BCUT2D eigenvalue weighted by molar-refractivity contribution is -0.137. The van der Waals surface area contributed by atoms with E-state index in [4.69, 9.17) is 20.8 Å². The molecule has 0 spiro atoms. The monoisotopic (exact) mass is 568 g/mol. The molecule has 1 saturated heterocycles. The van der Waals surface area contributed by atoms with Gasteiger partial charge in [0.1, 0.15) is 24.7 Å². The maximum Gasteiger partial charge on any atom is 0.406 e. The van der Waals surface area contributed by atoms with Crippen molar-refractivity contribution in [3.8, 4) is 17.1 Å². The summed E-state index contributed by atoms with van der Waals surface area (Å²) in [4.78, 5) is 33.5. The van der Waals surface area contributed by atoms with Gasteiger partial charge in [-0.2, -0.15) is 13.2 Å². The Labute approximate surface area is 226 Å². The van der Waals surface area contributed by atoms with E-state index in [2.05, 4.69) is 4.98 Å². The Bertz CT molecular complexity index is 1360. The third kappa shape index (κ3) is 6.80. The zero-order chi connectivity index (χ0) is 28.3. The van der Waals surface area contributed by atoms with Crippen molar-refractivity contribution in [3.05, 3.63) is 59.3 Å². The molecule has 39 heavy (non-hydrogen) atoms. The minimum absolute atomic E-state index is 0.0420. The molecule has 3 aromatic rings. The van der Waals surface area contributed by atoms with Gasteiger partial charge in [0.05, 0.1) is 23.9 Å². The number of carbonyl (C=O) groups is 2. The topological polar surface area (TPSA) is 79.1 Å². The van der Waals surface area contributed by atoms with E-state index in [0.29, 0.717) is 41.0 Å². The normalized spacial score (nSPS) is 14.4. The van der Waals surface area contributed by atoms with Crippen LogP contribution in [-0.4, -0.2) is 67.7 Å². The van der Waals surface area contributed by atoms with Crippen LogP contribution < -0.4 is 14.5 Å². The van der Waals surface area contributed by atoms with E-state index in [0.717, 1.165) is 23.9 Å². The van der Waals surface area contributed by atoms with Gasteiger partial charge in [-0.1, -0.05) is 11.6 Å². The number of carbonyl (C=O) groups excluding carboxylic acids is 2. The Hall–Kier alpha value is -3.80. The molecule has 1 aromatic heterocycles. The molecule has 0 unspecified atom stereocenters. The van der Waals surface area contributed by atoms with Crippen LogP contribution in [0.4, 0.5) is 28.9 Å². The van der Waals surface area contributed by atoms with Crippen LogP contribution in [0.5, 0.6) is 5.75 Å². The van der Waals surface area contributed by atoms with Crippen molar-refractivity contribution in [2.24, 2.45) is 0 Å². The Morgan fingerprint density at radius 3 is 2.59 bits per heavy atom. The summed E-state index contributed by atoms with van der Waals surface area (Å²) in [6.45, 7) is 0.285. The molecule has 208 valence electrons. The first-order valence-corrected chi connectivity index (χ1v) is 12.3. The van der Waals surface area contributed by atoms with E-state index in [9.17, 15) is 27.2 Å². The molecule has 2 heterocycles. The predicted molar refractivity (Wildman–Crippen MR) is 136 cm³/mol. The number of aryl methyl sites for hydroxylation is 1. The molecular formula is C26H25ClF4N4O4. The minimum Gasteiger partial charge on any atom is -0.496 e. The van der Waals surface area contributed by atoms with Crippen molar-refractivity contribution in [2.45, 2.75) is 19.5 Å². The molecule has 0 radical (unpaired) electrons. The van der Waals surface area contributed by atoms with Gasteiger partial charge in [-0.05, 0) is 30.3 Å². The minimum atomic E-state index is -4.73. The average Bonchev–Trinajstić information content (AvgIpc) is 3.24. The highest BCUT2D eigenvalue weighted by Crippen LogP contribution is 2.34. The highest BCUT2D eigenvalue weighted by Gasteiger charge is 2.35. The second-order valence-corrected chi connectivity index (χ2v) is 9.28. The van der Waals surface area contributed by atoms with Crippen LogP contribution in [0, 0.1) is 12.7 Å². The summed E-state index contributed by atoms with van der Waals surface area (Å²) in [6, 6.07) is 8.31. The number of hydrogen-bond donors (Lipinski definition) is 0. The van der Waals surface area contributed by atoms with Gasteiger partial charge in [0.2, 0.25) is 11.8 Å². The Morgan fingerprint density at radius 2 is 1.95 bits per heavy atom. The average molecular weight is 569 g/mol. The summed E-state index contributed by atoms with van der Waals surface area (Å²) in [6.07, 6.45) is -3.10. The van der Waals surface area contributed by atoms with Gasteiger partial charge < -0.3 is 23.9 Å². The number of alkyl halides is 3. The molecule has 13 heteroatoms. The molecule has 0 bridgehead atoms. The van der Waals surface area contributed by atoms with E-state index >= 15 is 0 Å². The maximum atomic E-state index is 13.6. The number of hydrogen-bond acceptors (Lipinski definition) is 6. The summed E-state index contributed by atoms with van der Waals surface area (Å²) < 4.78 is 64.5.